The zero-order chi connectivity index (χ0) is 15.2. The predicted octanol–water partition coefficient (Wildman–Crippen LogP) is 2.02. The maximum absolute atomic E-state index is 12.3. The van der Waals surface area contributed by atoms with E-state index < -0.39 is 0 Å². The third-order valence-electron chi connectivity index (χ3n) is 4.33. The number of nitrogens with zero attached hydrogens (tertiary/aromatic N) is 3. The number of carbonyl (C=O) groups excluding carboxylic acids is 1. The fourth-order valence-corrected chi connectivity index (χ4v) is 3.01. The highest BCUT2D eigenvalue weighted by atomic mass is 16.2. The van der Waals surface area contributed by atoms with E-state index in [4.69, 9.17) is 0 Å². The van der Waals surface area contributed by atoms with Crippen LogP contribution in [0.3, 0.4) is 0 Å². The lowest BCUT2D eigenvalue weighted by atomic mass is 10.0. The summed E-state index contributed by atoms with van der Waals surface area (Å²) in [4.78, 5) is 20.9. The highest BCUT2D eigenvalue weighted by Gasteiger charge is 2.22. The van der Waals surface area contributed by atoms with Crippen LogP contribution in [0, 0.1) is 0 Å². The van der Waals surface area contributed by atoms with E-state index in [-0.39, 0.29) is 12.1 Å². The first kappa shape index (κ1) is 15.0. The van der Waals surface area contributed by atoms with Crippen LogP contribution in [0.4, 0.5) is 4.79 Å². The number of hydrogen-bond donors (Lipinski definition) is 1. The minimum absolute atomic E-state index is 0.0778. The van der Waals surface area contributed by atoms with Crippen molar-refractivity contribution in [1.29, 1.82) is 0 Å². The molecule has 2 aliphatic rings. The molecule has 1 N–H and O–H groups in total. The molecule has 0 aromatic carbocycles. The van der Waals surface area contributed by atoms with Gasteiger partial charge in [0.25, 0.3) is 0 Å². The van der Waals surface area contributed by atoms with Gasteiger partial charge in [0.05, 0.1) is 5.69 Å². The highest BCUT2D eigenvalue weighted by Crippen LogP contribution is 2.11. The summed E-state index contributed by atoms with van der Waals surface area (Å²) < 4.78 is 0. The van der Waals surface area contributed by atoms with Crippen molar-refractivity contribution in [2.24, 2.45) is 0 Å². The van der Waals surface area contributed by atoms with Crippen molar-refractivity contribution in [1.82, 2.24) is 20.1 Å². The number of urea groups is 1. The second kappa shape index (κ2) is 7.40. The van der Waals surface area contributed by atoms with E-state index in [0.29, 0.717) is 0 Å². The zero-order valence-electron chi connectivity index (χ0n) is 12.9. The predicted molar refractivity (Wildman–Crippen MR) is 86.4 cm³/mol. The molecule has 0 unspecified atom stereocenters. The van der Waals surface area contributed by atoms with Gasteiger partial charge in [-0.3, -0.25) is 9.88 Å². The second-order valence-electron chi connectivity index (χ2n) is 6.00. The van der Waals surface area contributed by atoms with Crippen LogP contribution in [-0.4, -0.2) is 53.0 Å². The van der Waals surface area contributed by atoms with Crippen molar-refractivity contribution in [2.45, 2.75) is 31.8 Å². The van der Waals surface area contributed by atoms with Crippen LogP contribution in [0.2, 0.25) is 0 Å². The summed E-state index contributed by atoms with van der Waals surface area (Å²) >= 11 is 0. The number of carbonyl (C=O) groups is 1. The van der Waals surface area contributed by atoms with E-state index in [1.165, 1.54) is 6.42 Å². The van der Waals surface area contributed by atoms with E-state index in [1.807, 2.05) is 23.2 Å². The quantitative estimate of drug-likeness (QED) is 0.869. The standard InChI is InChI=1S/C17H24N4O/c22-17(19-15-6-2-1-3-7-15)21-12-10-20(11-13-21)14-16-8-4-5-9-18-16/h2,4-6,8-9,15H,1,3,7,10-14H2,(H,19,22)/t15-/m0/s1. The number of amides is 2. The van der Waals surface area contributed by atoms with Crippen LogP contribution in [0.25, 0.3) is 0 Å². The van der Waals surface area contributed by atoms with Gasteiger partial charge in [-0.15, -0.1) is 0 Å². The lowest BCUT2D eigenvalue weighted by molar-refractivity contribution is 0.133. The Bertz CT molecular complexity index is 509. The average molecular weight is 300 g/mol. The van der Waals surface area contributed by atoms with E-state index in [2.05, 4.69) is 33.4 Å². The van der Waals surface area contributed by atoms with Gasteiger partial charge in [-0.05, 0) is 31.4 Å². The molecule has 1 aromatic rings. The van der Waals surface area contributed by atoms with E-state index in [1.54, 1.807) is 0 Å². The minimum Gasteiger partial charge on any atom is -0.332 e. The van der Waals surface area contributed by atoms with Gasteiger partial charge in [-0.25, -0.2) is 4.79 Å². The first-order chi connectivity index (χ1) is 10.8. The Kier molecular flexibility index (Phi) is 5.06. The molecule has 5 nitrogen and oxygen atoms in total. The number of nitrogens with one attached hydrogen (secondary N) is 1. The molecule has 118 valence electrons. The number of aromatic nitrogens is 1. The molecule has 1 atom stereocenters. The molecule has 1 fully saturated rings. The molecule has 0 radical (unpaired) electrons. The summed E-state index contributed by atoms with van der Waals surface area (Å²) in [5.41, 5.74) is 1.09. The molecular weight excluding hydrogens is 276 g/mol. The Morgan fingerprint density at radius 3 is 2.82 bits per heavy atom. The summed E-state index contributed by atoms with van der Waals surface area (Å²) in [5, 5.41) is 3.12. The molecule has 22 heavy (non-hydrogen) atoms. The smallest absolute Gasteiger partial charge is 0.317 e. The van der Waals surface area contributed by atoms with Crippen LogP contribution < -0.4 is 5.32 Å². The van der Waals surface area contributed by atoms with Crippen molar-refractivity contribution in [3.05, 3.63) is 42.2 Å². The lowest BCUT2D eigenvalue weighted by Crippen LogP contribution is -2.53. The van der Waals surface area contributed by atoms with E-state index >= 15 is 0 Å². The van der Waals surface area contributed by atoms with Crippen molar-refractivity contribution in [2.75, 3.05) is 26.2 Å². The summed E-state index contributed by atoms with van der Waals surface area (Å²) in [6.45, 7) is 4.25. The molecule has 5 heteroatoms. The maximum Gasteiger partial charge on any atom is 0.317 e. The summed E-state index contributed by atoms with van der Waals surface area (Å²) in [6.07, 6.45) is 9.48. The summed E-state index contributed by atoms with van der Waals surface area (Å²) in [6, 6.07) is 6.30. The summed E-state index contributed by atoms with van der Waals surface area (Å²) in [5.74, 6) is 0. The number of hydrogen-bond acceptors (Lipinski definition) is 3. The molecule has 2 amide bonds. The SMILES string of the molecule is O=C(N[C@H]1C=CCCC1)N1CCN(Cc2ccccn2)CC1. The fourth-order valence-electron chi connectivity index (χ4n) is 3.01. The Morgan fingerprint density at radius 1 is 1.27 bits per heavy atom. The van der Waals surface area contributed by atoms with Crippen molar-refractivity contribution >= 4 is 6.03 Å². The Balaban J connectivity index is 1.44. The summed E-state index contributed by atoms with van der Waals surface area (Å²) in [7, 11) is 0. The zero-order valence-corrected chi connectivity index (χ0v) is 12.9. The van der Waals surface area contributed by atoms with Gasteiger partial charge in [0, 0.05) is 45.0 Å². The molecular formula is C17H24N4O. The van der Waals surface area contributed by atoms with Crippen LogP contribution >= 0.6 is 0 Å². The highest BCUT2D eigenvalue weighted by molar-refractivity contribution is 5.75. The lowest BCUT2D eigenvalue weighted by Gasteiger charge is -2.35. The molecule has 2 heterocycles. The van der Waals surface area contributed by atoms with Gasteiger partial charge in [0.1, 0.15) is 0 Å². The van der Waals surface area contributed by atoms with Gasteiger partial charge in [-0.1, -0.05) is 18.2 Å². The van der Waals surface area contributed by atoms with Crippen LogP contribution in [0.5, 0.6) is 0 Å². The third-order valence-corrected chi connectivity index (χ3v) is 4.33. The third kappa shape index (κ3) is 4.07. The maximum atomic E-state index is 12.3. The molecule has 0 bridgehead atoms. The van der Waals surface area contributed by atoms with E-state index in [0.717, 1.165) is 51.3 Å². The first-order valence-corrected chi connectivity index (χ1v) is 8.15. The molecule has 1 saturated heterocycles. The number of rotatable bonds is 3. The normalized spacial score (nSPS) is 22.5. The first-order valence-electron chi connectivity index (χ1n) is 8.15. The second-order valence-corrected chi connectivity index (χ2v) is 6.00. The monoisotopic (exact) mass is 300 g/mol. The molecule has 1 aromatic heterocycles. The van der Waals surface area contributed by atoms with Gasteiger partial charge in [-0.2, -0.15) is 0 Å². The van der Waals surface area contributed by atoms with Gasteiger partial charge < -0.3 is 10.2 Å². The number of piperazine rings is 1. The van der Waals surface area contributed by atoms with Crippen LogP contribution in [0.1, 0.15) is 25.0 Å². The van der Waals surface area contributed by atoms with Crippen LogP contribution in [0.15, 0.2) is 36.5 Å². The Labute approximate surface area is 132 Å². The molecule has 1 aliphatic carbocycles. The number of allylic oxidation sites excluding steroid dienone is 1. The van der Waals surface area contributed by atoms with Crippen molar-refractivity contribution < 1.29 is 4.79 Å². The topological polar surface area (TPSA) is 48.5 Å². The van der Waals surface area contributed by atoms with Crippen molar-refractivity contribution in [3.8, 4) is 0 Å². The van der Waals surface area contributed by atoms with E-state index in [9.17, 15) is 4.79 Å². The van der Waals surface area contributed by atoms with Crippen LogP contribution in [-0.2, 0) is 6.54 Å². The molecule has 3 rings (SSSR count). The van der Waals surface area contributed by atoms with Crippen molar-refractivity contribution in [3.63, 3.8) is 0 Å². The van der Waals surface area contributed by atoms with Gasteiger partial charge in [0.2, 0.25) is 0 Å². The van der Waals surface area contributed by atoms with Gasteiger partial charge >= 0.3 is 6.03 Å². The molecule has 0 spiro atoms. The fraction of sp³-hybridized carbons (Fsp3) is 0.529. The number of pyridine rings is 1. The Hall–Kier alpha value is -1.88. The minimum atomic E-state index is 0.0778. The average Bonchev–Trinajstić information content (AvgIpc) is 2.57. The molecule has 0 saturated carbocycles. The molecule has 1 aliphatic heterocycles. The van der Waals surface area contributed by atoms with Gasteiger partial charge in [0.15, 0.2) is 0 Å². The Morgan fingerprint density at radius 2 is 2.14 bits per heavy atom. The largest absolute Gasteiger partial charge is 0.332 e.